The van der Waals surface area contributed by atoms with Crippen molar-refractivity contribution in [2.75, 3.05) is 11.4 Å². The summed E-state index contributed by atoms with van der Waals surface area (Å²) in [5, 5.41) is 0. The molecule has 1 aliphatic heterocycles. The number of ether oxygens (including phenoxy) is 1. The van der Waals surface area contributed by atoms with Crippen LogP contribution in [0.3, 0.4) is 0 Å². The minimum atomic E-state index is -0.535. The zero-order valence-electron chi connectivity index (χ0n) is 13.4. The number of anilines is 1. The summed E-state index contributed by atoms with van der Waals surface area (Å²) in [4.78, 5) is 25.1. The van der Waals surface area contributed by atoms with E-state index >= 15 is 0 Å². The van der Waals surface area contributed by atoms with Gasteiger partial charge in [-0.25, -0.2) is 4.79 Å². The summed E-state index contributed by atoms with van der Waals surface area (Å²) >= 11 is 0. The standard InChI is InChI=1S/C17H23NO3/c1-16(2,3)21-15(20)18-9-8-17(4,5)13-7-6-12(11-19)10-14(13)18/h6-7,10-11H,8-9H2,1-5H3. The van der Waals surface area contributed by atoms with E-state index in [2.05, 4.69) is 13.8 Å². The number of carbonyl (C=O) groups excluding carboxylic acids is 2. The average molecular weight is 289 g/mol. The zero-order valence-corrected chi connectivity index (χ0v) is 13.4. The maximum absolute atomic E-state index is 12.4. The van der Waals surface area contributed by atoms with Crippen LogP contribution in [0.5, 0.6) is 0 Å². The largest absolute Gasteiger partial charge is 0.443 e. The first kappa shape index (κ1) is 15.5. The van der Waals surface area contributed by atoms with Gasteiger partial charge < -0.3 is 4.74 Å². The number of carbonyl (C=O) groups is 2. The Kier molecular flexibility index (Phi) is 3.83. The van der Waals surface area contributed by atoms with Crippen molar-refractivity contribution in [3.05, 3.63) is 29.3 Å². The first-order chi connectivity index (χ1) is 9.64. The van der Waals surface area contributed by atoms with Gasteiger partial charge in [-0.15, -0.1) is 0 Å². The van der Waals surface area contributed by atoms with Gasteiger partial charge in [-0.05, 0) is 44.2 Å². The number of nitrogens with zero attached hydrogens (tertiary/aromatic N) is 1. The molecule has 0 fully saturated rings. The second-order valence-corrected chi connectivity index (χ2v) is 7.16. The fourth-order valence-corrected chi connectivity index (χ4v) is 2.57. The second kappa shape index (κ2) is 5.17. The van der Waals surface area contributed by atoms with Gasteiger partial charge in [-0.1, -0.05) is 26.0 Å². The van der Waals surface area contributed by atoms with Crippen molar-refractivity contribution in [3.8, 4) is 0 Å². The van der Waals surface area contributed by atoms with Gasteiger partial charge in [0.1, 0.15) is 11.9 Å². The van der Waals surface area contributed by atoms with Gasteiger partial charge in [0.2, 0.25) is 0 Å². The van der Waals surface area contributed by atoms with Crippen molar-refractivity contribution in [3.63, 3.8) is 0 Å². The molecule has 1 heterocycles. The van der Waals surface area contributed by atoms with Crippen molar-refractivity contribution < 1.29 is 14.3 Å². The molecule has 114 valence electrons. The summed E-state index contributed by atoms with van der Waals surface area (Å²) < 4.78 is 5.47. The van der Waals surface area contributed by atoms with E-state index in [0.29, 0.717) is 12.1 Å². The number of amides is 1. The number of aldehydes is 1. The van der Waals surface area contributed by atoms with Gasteiger partial charge in [0, 0.05) is 12.1 Å². The molecule has 0 aliphatic carbocycles. The Morgan fingerprint density at radius 1 is 1.33 bits per heavy atom. The predicted molar refractivity (Wildman–Crippen MR) is 83.1 cm³/mol. The Morgan fingerprint density at radius 3 is 2.57 bits per heavy atom. The van der Waals surface area contributed by atoms with Gasteiger partial charge in [-0.3, -0.25) is 9.69 Å². The molecule has 0 unspecified atom stereocenters. The first-order valence-corrected chi connectivity index (χ1v) is 7.24. The van der Waals surface area contributed by atoms with Crippen LogP contribution in [-0.4, -0.2) is 24.5 Å². The topological polar surface area (TPSA) is 46.6 Å². The third kappa shape index (κ3) is 3.26. The lowest BCUT2D eigenvalue weighted by Gasteiger charge is -2.39. The third-order valence-electron chi connectivity index (χ3n) is 3.75. The van der Waals surface area contributed by atoms with Crippen molar-refractivity contribution in [2.24, 2.45) is 0 Å². The Balaban J connectivity index is 2.43. The number of rotatable bonds is 1. The molecule has 0 N–H and O–H groups in total. The van der Waals surface area contributed by atoms with Gasteiger partial charge in [0.25, 0.3) is 0 Å². The Morgan fingerprint density at radius 2 is 2.00 bits per heavy atom. The van der Waals surface area contributed by atoms with Crippen LogP contribution in [0.1, 0.15) is 57.0 Å². The van der Waals surface area contributed by atoms with E-state index in [-0.39, 0.29) is 11.5 Å². The van der Waals surface area contributed by atoms with Gasteiger partial charge in [-0.2, -0.15) is 0 Å². The van der Waals surface area contributed by atoms with Crippen LogP contribution in [-0.2, 0) is 10.2 Å². The molecule has 4 nitrogen and oxygen atoms in total. The molecule has 1 aliphatic rings. The first-order valence-electron chi connectivity index (χ1n) is 7.24. The highest BCUT2D eigenvalue weighted by Gasteiger charge is 2.35. The summed E-state index contributed by atoms with van der Waals surface area (Å²) in [6.07, 6.45) is 1.30. The molecule has 1 amide bonds. The van der Waals surface area contributed by atoms with E-state index < -0.39 is 5.60 Å². The van der Waals surface area contributed by atoms with Crippen LogP contribution >= 0.6 is 0 Å². The summed E-state index contributed by atoms with van der Waals surface area (Å²) in [5.41, 5.74) is 1.87. The molecule has 1 aromatic rings. The number of hydrogen-bond acceptors (Lipinski definition) is 3. The zero-order chi connectivity index (χ0) is 15.8. The number of hydrogen-bond donors (Lipinski definition) is 0. The number of benzene rings is 1. The predicted octanol–water partition coefficient (Wildman–Crippen LogP) is 3.92. The minimum absolute atomic E-state index is 0.0186. The normalized spacial score (nSPS) is 17.1. The maximum Gasteiger partial charge on any atom is 0.414 e. The van der Waals surface area contributed by atoms with E-state index in [0.717, 1.165) is 24.0 Å². The molecule has 1 aromatic carbocycles. The smallest absolute Gasteiger partial charge is 0.414 e. The van der Waals surface area contributed by atoms with Crippen LogP contribution in [0.2, 0.25) is 0 Å². The highest BCUT2D eigenvalue weighted by molar-refractivity contribution is 5.91. The Hall–Kier alpha value is -1.84. The van der Waals surface area contributed by atoms with Crippen LogP contribution < -0.4 is 4.90 Å². The Bertz CT molecular complexity index is 570. The Labute approximate surface area is 126 Å². The van der Waals surface area contributed by atoms with Crippen molar-refractivity contribution >= 4 is 18.1 Å². The third-order valence-corrected chi connectivity index (χ3v) is 3.75. The van der Waals surface area contributed by atoms with Crippen LogP contribution in [0.15, 0.2) is 18.2 Å². The lowest BCUT2D eigenvalue weighted by Crippen LogP contribution is -2.43. The average Bonchev–Trinajstić information content (AvgIpc) is 2.35. The molecule has 2 rings (SSSR count). The van der Waals surface area contributed by atoms with Gasteiger partial charge in [0.05, 0.1) is 5.69 Å². The molecule has 0 spiro atoms. The van der Waals surface area contributed by atoms with Gasteiger partial charge >= 0.3 is 6.09 Å². The van der Waals surface area contributed by atoms with Crippen LogP contribution in [0.25, 0.3) is 0 Å². The molecular weight excluding hydrogens is 266 g/mol. The molecule has 4 heteroatoms. The molecule has 21 heavy (non-hydrogen) atoms. The molecular formula is C17H23NO3. The number of fused-ring (bicyclic) bond motifs is 1. The van der Waals surface area contributed by atoms with Crippen LogP contribution in [0, 0.1) is 0 Å². The summed E-state index contributed by atoms with van der Waals surface area (Å²) in [6, 6.07) is 5.51. The van der Waals surface area contributed by atoms with E-state index in [1.165, 1.54) is 0 Å². The lowest BCUT2D eigenvalue weighted by atomic mass is 9.77. The minimum Gasteiger partial charge on any atom is -0.443 e. The molecule has 0 saturated heterocycles. The summed E-state index contributed by atoms with van der Waals surface area (Å²) in [6.45, 7) is 10.4. The van der Waals surface area contributed by atoms with E-state index in [4.69, 9.17) is 4.74 Å². The lowest BCUT2D eigenvalue weighted by molar-refractivity contribution is 0.0574. The molecule has 0 aromatic heterocycles. The maximum atomic E-state index is 12.4. The van der Waals surface area contributed by atoms with Crippen molar-refractivity contribution in [1.29, 1.82) is 0 Å². The van der Waals surface area contributed by atoms with Crippen molar-refractivity contribution in [2.45, 2.75) is 52.1 Å². The van der Waals surface area contributed by atoms with E-state index in [9.17, 15) is 9.59 Å². The monoisotopic (exact) mass is 289 g/mol. The fourth-order valence-electron chi connectivity index (χ4n) is 2.57. The highest BCUT2D eigenvalue weighted by Crippen LogP contribution is 2.40. The molecule has 0 bridgehead atoms. The van der Waals surface area contributed by atoms with Crippen LogP contribution in [0.4, 0.5) is 10.5 Å². The summed E-state index contributed by atoms with van der Waals surface area (Å²) in [5.74, 6) is 0. The fraction of sp³-hybridized carbons (Fsp3) is 0.529. The SMILES string of the molecule is CC(C)(C)OC(=O)N1CCC(C)(C)c2ccc(C=O)cc21. The van der Waals surface area contributed by atoms with Gasteiger partial charge in [0.15, 0.2) is 0 Å². The second-order valence-electron chi connectivity index (χ2n) is 7.16. The quantitative estimate of drug-likeness (QED) is 0.736. The summed E-state index contributed by atoms with van der Waals surface area (Å²) in [7, 11) is 0. The molecule has 0 radical (unpaired) electrons. The van der Waals surface area contributed by atoms with Crippen molar-refractivity contribution in [1.82, 2.24) is 0 Å². The molecule has 0 saturated carbocycles. The van der Waals surface area contributed by atoms with E-state index in [1.807, 2.05) is 26.8 Å². The molecule has 0 atom stereocenters. The van der Waals surface area contributed by atoms with E-state index in [1.54, 1.807) is 17.0 Å². The highest BCUT2D eigenvalue weighted by atomic mass is 16.6.